The Hall–Kier alpha value is -7.80. The third-order valence-corrected chi connectivity index (χ3v) is 13.1. The molecule has 0 N–H and O–H groups in total. The summed E-state index contributed by atoms with van der Waals surface area (Å²) >= 11 is 0. The van der Waals surface area contributed by atoms with Crippen LogP contribution in [0.25, 0.3) is 130 Å². The minimum Gasteiger partial charge on any atom is -0.0616 e. The molecule has 60 heavy (non-hydrogen) atoms. The summed E-state index contributed by atoms with van der Waals surface area (Å²) in [5, 5.41) is 23.1. The van der Waals surface area contributed by atoms with Crippen molar-refractivity contribution < 1.29 is 0 Å². The molecule has 0 spiro atoms. The Balaban J connectivity index is 0.886. The molecule has 13 rings (SSSR count). The summed E-state index contributed by atoms with van der Waals surface area (Å²) in [6.45, 7) is 0. The van der Waals surface area contributed by atoms with Crippen LogP contribution in [0, 0.1) is 0 Å². The average molecular weight is 757 g/mol. The minimum absolute atomic E-state index is 1.23. The van der Waals surface area contributed by atoms with Crippen LogP contribution in [0.5, 0.6) is 0 Å². The zero-order valence-corrected chi connectivity index (χ0v) is 32.8. The Labute approximate surface area is 347 Å². The smallest absolute Gasteiger partial charge is 0.00143 e. The predicted molar refractivity (Wildman–Crippen MR) is 260 cm³/mol. The first kappa shape index (κ1) is 33.2. The van der Waals surface area contributed by atoms with Crippen molar-refractivity contribution in [2.45, 2.75) is 0 Å². The maximum Gasteiger partial charge on any atom is -0.00143 e. The van der Waals surface area contributed by atoms with Gasteiger partial charge in [0.15, 0.2) is 0 Å². The van der Waals surface area contributed by atoms with Gasteiger partial charge in [0.2, 0.25) is 0 Å². The Kier molecular flexibility index (Phi) is 7.11. The van der Waals surface area contributed by atoms with Gasteiger partial charge in [-0.05, 0) is 161 Å². The van der Waals surface area contributed by atoms with Gasteiger partial charge in [-0.3, -0.25) is 0 Å². The Morgan fingerprint density at radius 1 is 0.167 bits per heavy atom. The molecule has 0 fully saturated rings. The van der Waals surface area contributed by atoms with E-state index in [2.05, 4.69) is 218 Å². The van der Waals surface area contributed by atoms with Crippen LogP contribution in [0.2, 0.25) is 0 Å². The third-order valence-electron chi connectivity index (χ3n) is 13.1. The van der Waals surface area contributed by atoms with Gasteiger partial charge in [0.1, 0.15) is 0 Å². The van der Waals surface area contributed by atoms with Gasteiger partial charge >= 0.3 is 0 Å². The fourth-order valence-corrected chi connectivity index (χ4v) is 10.2. The maximum absolute atomic E-state index is 2.41. The molecule has 0 amide bonds. The van der Waals surface area contributed by atoms with Crippen molar-refractivity contribution in [3.63, 3.8) is 0 Å². The van der Waals surface area contributed by atoms with E-state index >= 15 is 0 Å². The van der Waals surface area contributed by atoms with Gasteiger partial charge in [-0.25, -0.2) is 0 Å². The molecule has 0 atom stereocenters. The van der Waals surface area contributed by atoms with Gasteiger partial charge < -0.3 is 0 Å². The number of hydrogen-bond donors (Lipinski definition) is 0. The van der Waals surface area contributed by atoms with E-state index in [0.29, 0.717) is 0 Å². The van der Waals surface area contributed by atoms with Crippen molar-refractivity contribution in [1.82, 2.24) is 0 Å². The standard InChI is InChI=1S/C60H36/c1-4-12-49-37(8-1)11-7-15-50(49)46-25-29-53-44(34-46)19-17-42-32-40(23-27-51(42)53)41-24-28-52-43(33-41)18-20-45-35-47(26-30-54(45)52)58-36-48-21-16-38-9-2-5-13-55(38)59(48)60-56-14-6-3-10-39(56)22-31-57(58)60/h1-36H. The summed E-state index contributed by atoms with van der Waals surface area (Å²) in [6, 6.07) is 81.5. The van der Waals surface area contributed by atoms with Gasteiger partial charge in [0.25, 0.3) is 0 Å². The first-order valence-corrected chi connectivity index (χ1v) is 20.9. The fraction of sp³-hybridized carbons (Fsp3) is 0. The first-order valence-electron chi connectivity index (χ1n) is 20.9. The normalized spacial score (nSPS) is 12.0. The first-order chi connectivity index (χ1) is 29.7. The highest BCUT2D eigenvalue weighted by atomic mass is 14.2. The van der Waals surface area contributed by atoms with E-state index in [9.17, 15) is 0 Å². The Bertz CT molecular complexity index is 3940. The monoisotopic (exact) mass is 756 g/mol. The average Bonchev–Trinajstić information content (AvgIpc) is 3.32. The summed E-state index contributed by atoms with van der Waals surface area (Å²) in [5.41, 5.74) is 7.49. The molecular formula is C60H36. The van der Waals surface area contributed by atoms with Crippen molar-refractivity contribution in [2.24, 2.45) is 0 Å². The predicted octanol–water partition coefficient (Wildman–Crippen LogP) is 17.1. The van der Waals surface area contributed by atoms with E-state index in [-0.39, 0.29) is 0 Å². The molecular weight excluding hydrogens is 721 g/mol. The summed E-state index contributed by atoms with van der Waals surface area (Å²) in [4.78, 5) is 0. The van der Waals surface area contributed by atoms with Crippen LogP contribution in [-0.2, 0) is 0 Å². The summed E-state index contributed by atoms with van der Waals surface area (Å²) < 4.78 is 0. The lowest BCUT2D eigenvalue weighted by Gasteiger charge is -2.16. The molecule has 276 valence electrons. The molecule has 0 aliphatic heterocycles. The maximum atomic E-state index is 2.41. The number of rotatable bonds is 3. The van der Waals surface area contributed by atoms with Gasteiger partial charge in [0, 0.05) is 0 Å². The minimum atomic E-state index is 1.23. The van der Waals surface area contributed by atoms with Crippen LogP contribution in [-0.4, -0.2) is 0 Å². The van der Waals surface area contributed by atoms with E-state index in [4.69, 9.17) is 0 Å². The molecule has 0 bridgehead atoms. The van der Waals surface area contributed by atoms with Gasteiger partial charge in [-0.1, -0.05) is 188 Å². The highest BCUT2D eigenvalue weighted by Gasteiger charge is 2.15. The number of benzene rings is 13. The topological polar surface area (TPSA) is 0 Å². The van der Waals surface area contributed by atoms with E-state index < -0.39 is 0 Å². The molecule has 13 aromatic rings. The molecule has 0 radical (unpaired) electrons. The van der Waals surface area contributed by atoms with Crippen molar-refractivity contribution in [1.29, 1.82) is 0 Å². The van der Waals surface area contributed by atoms with E-state index in [1.165, 1.54) is 130 Å². The van der Waals surface area contributed by atoms with E-state index in [1.807, 2.05) is 0 Å². The zero-order valence-electron chi connectivity index (χ0n) is 32.8. The molecule has 13 aromatic carbocycles. The van der Waals surface area contributed by atoms with Crippen molar-refractivity contribution in [3.05, 3.63) is 218 Å². The quantitative estimate of drug-likeness (QED) is 0.158. The second-order valence-electron chi connectivity index (χ2n) is 16.4. The van der Waals surface area contributed by atoms with Crippen LogP contribution in [0.3, 0.4) is 0 Å². The van der Waals surface area contributed by atoms with Crippen molar-refractivity contribution in [3.8, 4) is 33.4 Å². The lowest BCUT2D eigenvalue weighted by molar-refractivity contribution is 1.67. The van der Waals surface area contributed by atoms with Crippen LogP contribution in [0.1, 0.15) is 0 Å². The molecule has 0 aliphatic carbocycles. The summed E-state index contributed by atoms with van der Waals surface area (Å²) in [5.74, 6) is 0. The largest absolute Gasteiger partial charge is 0.0616 e. The van der Waals surface area contributed by atoms with Gasteiger partial charge in [-0.2, -0.15) is 0 Å². The van der Waals surface area contributed by atoms with Crippen molar-refractivity contribution >= 4 is 97.0 Å². The Morgan fingerprint density at radius 3 is 1.13 bits per heavy atom. The lowest BCUT2D eigenvalue weighted by Crippen LogP contribution is -1.89. The Morgan fingerprint density at radius 2 is 0.550 bits per heavy atom. The molecule has 0 saturated heterocycles. The SMILES string of the molecule is c1ccc2c(-c3ccc4c(ccc5cc(-c6ccc7c(ccc8cc(-c9cc%10ccc%11ccccc%11c%10c%10c9ccc9ccccc9%10)ccc87)c6)ccc54)c3)cccc2c1. The second kappa shape index (κ2) is 12.9. The van der Waals surface area contributed by atoms with Crippen LogP contribution >= 0.6 is 0 Å². The number of fused-ring (bicyclic) bond motifs is 14. The molecule has 0 unspecified atom stereocenters. The lowest BCUT2D eigenvalue weighted by atomic mass is 9.87. The third kappa shape index (κ3) is 5.04. The highest BCUT2D eigenvalue weighted by molar-refractivity contribution is 6.30. The molecule has 0 saturated carbocycles. The van der Waals surface area contributed by atoms with Gasteiger partial charge in [0.05, 0.1) is 0 Å². The fourth-order valence-electron chi connectivity index (χ4n) is 10.2. The van der Waals surface area contributed by atoms with Crippen LogP contribution in [0.15, 0.2) is 218 Å². The highest BCUT2D eigenvalue weighted by Crippen LogP contribution is 2.43. The summed E-state index contributed by atoms with van der Waals surface area (Å²) in [7, 11) is 0. The second-order valence-corrected chi connectivity index (χ2v) is 16.4. The van der Waals surface area contributed by atoms with E-state index in [1.54, 1.807) is 0 Å². The van der Waals surface area contributed by atoms with Crippen LogP contribution in [0.4, 0.5) is 0 Å². The molecule has 0 heterocycles. The molecule has 0 nitrogen and oxygen atoms in total. The summed E-state index contributed by atoms with van der Waals surface area (Å²) in [6.07, 6.45) is 0. The number of hydrogen-bond acceptors (Lipinski definition) is 0. The van der Waals surface area contributed by atoms with Gasteiger partial charge in [-0.15, -0.1) is 0 Å². The molecule has 0 aliphatic rings. The molecule has 0 aromatic heterocycles. The van der Waals surface area contributed by atoms with Crippen LogP contribution < -0.4 is 0 Å². The van der Waals surface area contributed by atoms with E-state index in [0.717, 1.165) is 0 Å². The zero-order chi connectivity index (χ0) is 39.3. The van der Waals surface area contributed by atoms with Crippen molar-refractivity contribution in [2.75, 3.05) is 0 Å². The molecule has 0 heteroatoms.